The Labute approximate surface area is 145 Å². The Morgan fingerprint density at radius 2 is 2.12 bits per heavy atom. The largest absolute Gasteiger partial charge is 0.395 e. The molecule has 1 saturated heterocycles. The fourth-order valence-electron chi connectivity index (χ4n) is 3.02. The highest BCUT2D eigenvalue weighted by Gasteiger charge is 2.29. The van der Waals surface area contributed by atoms with Gasteiger partial charge in [-0.25, -0.2) is 4.98 Å². The first-order valence-corrected chi connectivity index (χ1v) is 9.13. The third-order valence-corrected chi connectivity index (χ3v) is 4.78. The normalized spacial score (nSPS) is 15.5. The van der Waals surface area contributed by atoms with Crippen LogP contribution in [0.3, 0.4) is 0 Å². The van der Waals surface area contributed by atoms with Crippen molar-refractivity contribution in [3.05, 3.63) is 29.6 Å². The predicted molar refractivity (Wildman–Crippen MR) is 95.7 cm³/mol. The Balaban J connectivity index is 1.97. The second-order valence-corrected chi connectivity index (χ2v) is 7.08. The topological polar surface area (TPSA) is 56.7 Å². The van der Waals surface area contributed by atoms with Gasteiger partial charge < -0.3 is 10.0 Å². The summed E-state index contributed by atoms with van der Waals surface area (Å²) in [5, 5.41) is 9.19. The van der Waals surface area contributed by atoms with E-state index < -0.39 is 0 Å². The summed E-state index contributed by atoms with van der Waals surface area (Å²) in [7, 11) is 0. The van der Waals surface area contributed by atoms with Crippen molar-refractivity contribution in [2.24, 2.45) is 11.8 Å². The predicted octanol–water partition coefficient (Wildman–Crippen LogP) is 2.40. The van der Waals surface area contributed by atoms with Gasteiger partial charge in [-0.2, -0.15) is 0 Å². The molecule has 0 bridgehead atoms. The maximum atomic E-state index is 12.6. The number of aromatic nitrogens is 1. The summed E-state index contributed by atoms with van der Waals surface area (Å²) in [5.74, 6) is 1.43. The molecular weight excluding hydrogens is 302 g/mol. The van der Waals surface area contributed by atoms with Crippen LogP contribution in [0.4, 0.5) is 0 Å². The van der Waals surface area contributed by atoms with Crippen molar-refractivity contribution in [3.63, 3.8) is 0 Å². The highest BCUT2D eigenvalue weighted by atomic mass is 16.3. The van der Waals surface area contributed by atoms with Crippen LogP contribution in [0.5, 0.6) is 0 Å². The number of nitrogens with zero attached hydrogens (tertiary/aromatic N) is 3. The number of carbonyl (C=O) groups excluding carboxylic acids is 1. The molecule has 1 aromatic rings. The number of likely N-dealkylation sites (tertiary alicyclic amines) is 1. The van der Waals surface area contributed by atoms with Crippen molar-refractivity contribution in [2.75, 3.05) is 32.8 Å². The molecule has 0 spiro atoms. The Kier molecular flexibility index (Phi) is 7.18. The number of rotatable bonds is 9. The number of pyridine rings is 1. The Bertz CT molecular complexity index is 527. The summed E-state index contributed by atoms with van der Waals surface area (Å²) in [6.07, 6.45) is 1.96. The summed E-state index contributed by atoms with van der Waals surface area (Å²) in [4.78, 5) is 21.3. The van der Waals surface area contributed by atoms with Crippen molar-refractivity contribution >= 4 is 5.91 Å². The summed E-state index contributed by atoms with van der Waals surface area (Å²) < 4.78 is 0. The summed E-state index contributed by atoms with van der Waals surface area (Å²) >= 11 is 0. The molecule has 5 nitrogen and oxygen atoms in total. The highest BCUT2D eigenvalue weighted by molar-refractivity contribution is 5.92. The van der Waals surface area contributed by atoms with E-state index in [0.717, 1.165) is 50.0 Å². The van der Waals surface area contributed by atoms with Crippen LogP contribution < -0.4 is 0 Å². The number of hydrogen-bond donors (Lipinski definition) is 1. The molecule has 5 heteroatoms. The van der Waals surface area contributed by atoms with Crippen LogP contribution in [0.1, 0.15) is 49.8 Å². The van der Waals surface area contributed by atoms with Gasteiger partial charge in [0.1, 0.15) is 5.69 Å². The first-order chi connectivity index (χ1) is 11.5. The van der Waals surface area contributed by atoms with E-state index in [0.29, 0.717) is 18.8 Å². The van der Waals surface area contributed by atoms with Gasteiger partial charge in [0.25, 0.3) is 5.91 Å². The maximum Gasteiger partial charge on any atom is 0.272 e. The molecule has 1 N–H and O–H groups in total. The molecule has 0 saturated carbocycles. The molecule has 24 heavy (non-hydrogen) atoms. The zero-order valence-corrected chi connectivity index (χ0v) is 15.2. The number of aliphatic hydroxyl groups is 1. The smallest absolute Gasteiger partial charge is 0.272 e. The van der Waals surface area contributed by atoms with Crippen LogP contribution in [0.2, 0.25) is 0 Å². The monoisotopic (exact) mass is 333 g/mol. The number of aliphatic hydroxyl groups excluding tert-OH is 1. The van der Waals surface area contributed by atoms with Gasteiger partial charge in [0.2, 0.25) is 0 Å². The van der Waals surface area contributed by atoms with E-state index in [4.69, 9.17) is 0 Å². The van der Waals surface area contributed by atoms with Gasteiger partial charge in [0, 0.05) is 32.7 Å². The van der Waals surface area contributed by atoms with Gasteiger partial charge in [-0.1, -0.05) is 33.3 Å². The van der Waals surface area contributed by atoms with Crippen LogP contribution in [-0.2, 0) is 6.54 Å². The minimum absolute atomic E-state index is 0.0144. The van der Waals surface area contributed by atoms with Crippen molar-refractivity contribution in [1.29, 1.82) is 0 Å². The van der Waals surface area contributed by atoms with Gasteiger partial charge >= 0.3 is 0 Å². The lowest BCUT2D eigenvalue weighted by molar-refractivity contribution is 0.0599. The summed E-state index contributed by atoms with van der Waals surface area (Å²) in [5.41, 5.74) is 1.43. The molecule has 1 aliphatic rings. The molecule has 1 fully saturated rings. The number of carbonyl (C=O) groups is 1. The molecular formula is C19H31N3O2. The van der Waals surface area contributed by atoms with Gasteiger partial charge in [0.05, 0.1) is 12.3 Å². The first-order valence-electron chi connectivity index (χ1n) is 9.13. The standard InChI is InChI=1S/C19H31N3O2/c1-4-5-9-22(10-11-23)19(24)18-8-6-7-17(20-18)14-21-12-16(13-21)15(2)3/h6-8,15-16,23H,4-5,9-14H2,1-3H3. The van der Waals surface area contributed by atoms with E-state index in [9.17, 15) is 9.90 Å². The van der Waals surface area contributed by atoms with Crippen LogP contribution >= 0.6 is 0 Å². The van der Waals surface area contributed by atoms with E-state index in [1.54, 1.807) is 11.0 Å². The minimum atomic E-state index is -0.0805. The van der Waals surface area contributed by atoms with Crippen LogP contribution in [-0.4, -0.2) is 58.6 Å². The number of hydrogen-bond acceptors (Lipinski definition) is 4. The zero-order chi connectivity index (χ0) is 17.5. The SMILES string of the molecule is CCCCN(CCO)C(=O)c1cccc(CN2CC(C(C)C)C2)n1. The third kappa shape index (κ3) is 5.02. The second kappa shape index (κ2) is 9.14. The highest BCUT2D eigenvalue weighted by Crippen LogP contribution is 2.24. The lowest BCUT2D eigenvalue weighted by atomic mass is 9.88. The zero-order valence-electron chi connectivity index (χ0n) is 15.2. The fraction of sp³-hybridized carbons (Fsp3) is 0.684. The molecule has 0 aliphatic carbocycles. The van der Waals surface area contributed by atoms with E-state index in [-0.39, 0.29) is 12.5 Å². The minimum Gasteiger partial charge on any atom is -0.395 e. The van der Waals surface area contributed by atoms with Gasteiger partial charge in [-0.3, -0.25) is 9.69 Å². The molecule has 0 aromatic carbocycles. The molecule has 0 radical (unpaired) electrons. The average molecular weight is 333 g/mol. The number of unbranched alkanes of at least 4 members (excludes halogenated alkanes) is 1. The molecule has 0 unspecified atom stereocenters. The first kappa shape index (κ1) is 18.9. The average Bonchev–Trinajstić information content (AvgIpc) is 2.53. The Morgan fingerprint density at radius 3 is 2.75 bits per heavy atom. The van der Waals surface area contributed by atoms with E-state index in [2.05, 4.69) is 30.7 Å². The Morgan fingerprint density at radius 1 is 1.38 bits per heavy atom. The number of amides is 1. The molecule has 1 amide bonds. The summed E-state index contributed by atoms with van der Waals surface area (Å²) in [6, 6.07) is 5.67. The van der Waals surface area contributed by atoms with Crippen LogP contribution in [0.25, 0.3) is 0 Å². The molecule has 1 aliphatic heterocycles. The Hall–Kier alpha value is -1.46. The third-order valence-electron chi connectivity index (χ3n) is 4.78. The van der Waals surface area contributed by atoms with Crippen LogP contribution in [0.15, 0.2) is 18.2 Å². The molecule has 134 valence electrons. The lowest BCUT2D eigenvalue weighted by Gasteiger charge is -2.41. The fourth-order valence-corrected chi connectivity index (χ4v) is 3.02. The van der Waals surface area contributed by atoms with Gasteiger partial charge in [0.15, 0.2) is 0 Å². The van der Waals surface area contributed by atoms with Crippen molar-refractivity contribution in [3.8, 4) is 0 Å². The van der Waals surface area contributed by atoms with Crippen LogP contribution in [0, 0.1) is 11.8 Å². The molecule has 2 rings (SSSR count). The summed E-state index contributed by atoms with van der Waals surface area (Å²) in [6.45, 7) is 10.7. The van der Waals surface area contributed by atoms with Gasteiger partial charge in [-0.15, -0.1) is 0 Å². The second-order valence-electron chi connectivity index (χ2n) is 7.08. The van der Waals surface area contributed by atoms with Crippen molar-refractivity contribution < 1.29 is 9.90 Å². The van der Waals surface area contributed by atoms with E-state index in [1.807, 2.05) is 12.1 Å². The molecule has 2 heterocycles. The maximum absolute atomic E-state index is 12.6. The lowest BCUT2D eigenvalue weighted by Crippen LogP contribution is -2.48. The molecule has 1 aromatic heterocycles. The van der Waals surface area contributed by atoms with Crippen molar-refractivity contribution in [2.45, 2.75) is 40.2 Å². The quantitative estimate of drug-likeness (QED) is 0.754. The van der Waals surface area contributed by atoms with E-state index >= 15 is 0 Å². The van der Waals surface area contributed by atoms with E-state index in [1.165, 1.54) is 0 Å². The van der Waals surface area contributed by atoms with Crippen molar-refractivity contribution in [1.82, 2.24) is 14.8 Å². The molecule has 0 atom stereocenters. The van der Waals surface area contributed by atoms with Gasteiger partial charge in [-0.05, 0) is 30.4 Å².